The van der Waals surface area contributed by atoms with Gasteiger partial charge in [0.25, 0.3) is 0 Å². The molecule has 3 N–H and O–H groups in total. The molecular weight excluding hydrogens is 182 g/mol. The van der Waals surface area contributed by atoms with Gasteiger partial charge in [-0.15, -0.1) is 0 Å². The molecule has 4 heteroatoms. The van der Waals surface area contributed by atoms with Crippen LogP contribution in [0.25, 0.3) is 0 Å². The Morgan fingerprint density at radius 3 is 2.43 bits per heavy atom. The summed E-state index contributed by atoms with van der Waals surface area (Å²) in [4.78, 5) is 10.4. The first-order valence-corrected chi connectivity index (χ1v) is 4.40. The first-order valence-electron chi connectivity index (χ1n) is 4.40. The summed E-state index contributed by atoms with van der Waals surface area (Å²) < 4.78 is 0. The number of carbonyl (C=O) groups is 1. The molecule has 0 radical (unpaired) electrons. The Balaban J connectivity index is 2.77. The lowest BCUT2D eigenvalue weighted by molar-refractivity contribution is -0.146. The Morgan fingerprint density at radius 2 is 2.00 bits per heavy atom. The van der Waals surface area contributed by atoms with Crippen LogP contribution < -0.4 is 5.32 Å². The first-order chi connectivity index (χ1) is 6.65. The molecule has 0 saturated carbocycles. The minimum absolute atomic E-state index is 0.388. The zero-order valence-corrected chi connectivity index (χ0v) is 7.90. The fourth-order valence-corrected chi connectivity index (χ4v) is 1.13. The SMILES string of the molecule is CCNc1ccc(C(O)C(=O)O)cc1. The Labute approximate surface area is 82.2 Å². The molecular formula is C10H13NO3. The maximum atomic E-state index is 10.4. The highest BCUT2D eigenvalue weighted by Crippen LogP contribution is 2.16. The number of hydrogen-bond donors (Lipinski definition) is 3. The number of benzene rings is 1. The Hall–Kier alpha value is -1.55. The third-order valence-electron chi connectivity index (χ3n) is 1.84. The maximum absolute atomic E-state index is 10.4. The molecule has 1 aromatic carbocycles. The Morgan fingerprint density at radius 1 is 1.43 bits per heavy atom. The third kappa shape index (κ3) is 2.47. The molecule has 0 spiro atoms. The molecule has 0 aliphatic rings. The molecule has 0 saturated heterocycles. The summed E-state index contributed by atoms with van der Waals surface area (Å²) in [5.74, 6) is -1.23. The van der Waals surface area contributed by atoms with Gasteiger partial charge >= 0.3 is 5.97 Å². The number of anilines is 1. The minimum Gasteiger partial charge on any atom is -0.479 e. The van der Waals surface area contributed by atoms with Gasteiger partial charge in [0.2, 0.25) is 0 Å². The standard InChI is InChI=1S/C10H13NO3/c1-2-11-8-5-3-7(4-6-8)9(12)10(13)14/h3-6,9,11-12H,2H2,1H3,(H,13,14). The number of rotatable bonds is 4. The summed E-state index contributed by atoms with van der Waals surface area (Å²) in [6.07, 6.45) is -1.44. The van der Waals surface area contributed by atoms with E-state index in [-0.39, 0.29) is 0 Å². The molecule has 14 heavy (non-hydrogen) atoms. The van der Waals surface area contributed by atoms with Crippen LogP contribution in [-0.4, -0.2) is 22.7 Å². The third-order valence-corrected chi connectivity index (χ3v) is 1.84. The van der Waals surface area contributed by atoms with Crippen molar-refractivity contribution in [2.45, 2.75) is 13.0 Å². The van der Waals surface area contributed by atoms with Crippen molar-refractivity contribution in [2.24, 2.45) is 0 Å². The van der Waals surface area contributed by atoms with Crippen LogP contribution in [0.15, 0.2) is 24.3 Å². The Kier molecular flexibility index (Phi) is 3.48. The van der Waals surface area contributed by atoms with Gasteiger partial charge in [-0.05, 0) is 24.6 Å². The Bertz CT molecular complexity index is 308. The van der Waals surface area contributed by atoms with Gasteiger partial charge in [-0.3, -0.25) is 0 Å². The van der Waals surface area contributed by atoms with Crippen LogP contribution in [0.5, 0.6) is 0 Å². The molecule has 1 aromatic rings. The lowest BCUT2D eigenvalue weighted by Gasteiger charge is -2.07. The quantitative estimate of drug-likeness (QED) is 0.676. The van der Waals surface area contributed by atoms with Crippen molar-refractivity contribution in [3.63, 3.8) is 0 Å². The molecule has 0 fully saturated rings. The fourth-order valence-electron chi connectivity index (χ4n) is 1.13. The summed E-state index contributed by atoms with van der Waals surface area (Å²) in [7, 11) is 0. The van der Waals surface area contributed by atoms with Crippen molar-refractivity contribution in [3.05, 3.63) is 29.8 Å². The minimum atomic E-state index is -1.44. The van der Waals surface area contributed by atoms with Gasteiger partial charge in [0.15, 0.2) is 6.10 Å². The van der Waals surface area contributed by atoms with E-state index in [2.05, 4.69) is 5.32 Å². The smallest absolute Gasteiger partial charge is 0.337 e. The van der Waals surface area contributed by atoms with E-state index in [1.807, 2.05) is 6.92 Å². The summed E-state index contributed by atoms with van der Waals surface area (Å²) >= 11 is 0. The second kappa shape index (κ2) is 4.62. The van der Waals surface area contributed by atoms with Gasteiger partial charge in [0, 0.05) is 12.2 Å². The van der Waals surface area contributed by atoms with Crippen LogP contribution in [0.1, 0.15) is 18.6 Å². The van der Waals surface area contributed by atoms with Crippen molar-refractivity contribution < 1.29 is 15.0 Å². The predicted octanol–water partition coefficient (Wildman–Crippen LogP) is 1.24. The van der Waals surface area contributed by atoms with E-state index >= 15 is 0 Å². The second-order valence-corrected chi connectivity index (χ2v) is 2.89. The van der Waals surface area contributed by atoms with Gasteiger partial charge in [0.1, 0.15) is 0 Å². The highest BCUT2D eigenvalue weighted by molar-refractivity contribution is 5.74. The lowest BCUT2D eigenvalue weighted by Crippen LogP contribution is -2.10. The molecule has 1 atom stereocenters. The number of nitrogens with one attached hydrogen (secondary N) is 1. The number of aliphatic hydroxyl groups is 1. The number of aliphatic hydroxyl groups excluding tert-OH is 1. The van der Waals surface area contributed by atoms with Gasteiger partial charge in [-0.2, -0.15) is 0 Å². The zero-order chi connectivity index (χ0) is 10.6. The van der Waals surface area contributed by atoms with E-state index in [1.54, 1.807) is 24.3 Å². The summed E-state index contributed by atoms with van der Waals surface area (Å²) in [6, 6.07) is 6.67. The predicted molar refractivity (Wildman–Crippen MR) is 53.2 cm³/mol. The lowest BCUT2D eigenvalue weighted by atomic mass is 10.1. The zero-order valence-electron chi connectivity index (χ0n) is 7.90. The van der Waals surface area contributed by atoms with Gasteiger partial charge in [-0.25, -0.2) is 4.79 Å². The molecule has 1 rings (SSSR count). The van der Waals surface area contributed by atoms with Crippen molar-refractivity contribution in [2.75, 3.05) is 11.9 Å². The molecule has 0 bridgehead atoms. The van der Waals surface area contributed by atoms with Crippen LogP contribution in [0, 0.1) is 0 Å². The van der Waals surface area contributed by atoms with Crippen LogP contribution in [0.3, 0.4) is 0 Å². The molecule has 0 aromatic heterocycles. The van der Waals surface area contributed by atoms with Crippen LogP contribution in [-0.2, 0) is 4.79 Å². The highest BCUT2D eigenvalue weighted by Gasteiger charge is 2.14. The molecule has 76 valence electrons. The topological polar surface area (TPSA) is 69.6 Å². The van der Waals surface area contributed by atoms with E-state index in [9.17, 15) is 9.90 Å². The number of carboxylic acids is 1. The van der Waals surface area contributed by atoms with E-state index in [4.69, 9.17) is 5.11 Å². The van der Waals surface area contributed by atoms with Gasteiger partial charge in [0.05, 0.1) is 0 Å². The summed E-state index contributed by atoms with van der Waals surface area (Å²) in [5.41, 5.74) is 1.30. The summed E-state index contributed by atoms with van der Waals surface area (Å²) in [5, 5.41) is 20.8. The van der Waals surface area contributed by atoms with Gasteiger partial charge < -0.3 is 15.5 Å². The molecule has 1 unspecified atom stereocenters. The first kappa shape index (κ1) is 10.5. The van der Waals surface area contributed by atoms with Crippen molar-refractivity contribution >= 4 is 11.7 Å². The molecule has 0 aliphatic heterocycles. The summed E-state index contributed by atoms with van der Waals surface area (Å²) in [6.45, 7) is 2.78. The van der Waals surface area contributed by atoms with Crippen LogP contribution in [0.2, 0.25) is 0 Å². The van der Waals surface area contributed by atoms with Crippen LogP contribution in [0.4, 0.5) is 5.69 Å². The number of carboxylic acid groups (broad SMARTS) is 1. The van der Waals surface area contributed by atoms with Crippen molar-refractivity contribution in [3.8, 4) is 0 Å². The molecule has 4 nitrogen and oxygen atoms in total. The second-order valence-electron chi connectivity index (χ2n) is 2.89. The largest absolute Gasteiger partial charge is 0.479 e. The number of aliphatic carboxylic acids is 1. The fraction of sp³-hybridized carbons (Fsp3) is 0.300. The van der Waals surface area contributed by atoms with Crippen LogP contribution >= 0.6 is 0 Å². The molecule has 0 aliphatic carbocycles. The molecule has 0 heterocycles. The average molecular weight is 195 g/mol. The van der Waals surface area contributed by atoms with Crippen molar-refractivity contribution in [1.82, 2.24) is 0 Å². The van der Waals surface area contributed by atoms with Crippen molar-refractivity contribution in [1.29, 1.82) is 0 Å². The van der Waals surface area contributed by atoms with E-state index in [0.717, 1.165) is 12.2 Å². The maximum Gasteiger partial charge on any atom is 0.337 e. The van der Waals surface area contributed by atoms with Gasteiger partial charge in [-0.1, -0.05) is 12.1 Å². The monoisotopic (exact) mass is 195 g/mol. The molecule has 0 amide bonds. The number of hydrogen-bond acceptors (Lipinski definition) is 3. The van der Waals surface area contributed by atoms with E-state index in [0.29, 0.717) is 5.56 Å². The highest BCUT2D eigenvalue weighted by atomic mass is 16.4. The van der Waals surface area contributed by atoms with E-state index in [1.165, 1.54) is 0 Å². The van der Waals surface area contributed by atoms with E-state index < -0.39 is 12.1 Å². The normalized spacial score (nSPS) is 12.1. The average Bonchev–Trinajstić information content (AvgIpc) is 2.18.